The molecule has 0 aromatic heterocycles. The SMILES string of the molecule is C=C1C[C@@H]2CC[C@@]3(O)CC(O)[C@H](C)[C@@H]4C[C@@H]5[C@H]4O[C@H]4CC[C@@H]6CC(=O)C[C@@H]7[C@@H](OC)[C@@H](C[C@@H](CNC(=O)C8(CO)CCC8)OC)O[C@H]7C[C@H]7O[C@@H](CC[C@@H]1O2)C[C@@H](C)C7=N[C@@]4(O6)[C@@H]5O3. The average Bonchev–Trinajstić information content (AvgIpc) is 3.77. The predicted molar refractivity (Wildman–Crippen MR) is 231 cm³/mol. The molecule has 1 amide bonds. The maximum atomic E-state index is 14.5. The van der Waals surface area contributed by atoms with Crippen molar-refractivity contribution in [3.8, 4) is 0 Å². The molecule has 10 heterocycles. The van der Waals surface area contributed by atoms with Crippen LogP contribution in [0.1, 0.15) is 123 Å². The lowest BCUT2D eigenvalue weighted by Gasteiger charge is -2.62. The number of carbonyl (C=O) groups excluding carboxylic acids is 2. The molecule has 0 radical (unpaired) electrons. The van der Waals surface area contributed by atoms with Crippen LogP contribution >= 0.6 is 0 Å². The number of hydrogen-bond acceptors (Lipinski definition) is 14. The number of rotatable bonds is 8. The van der Waals surface area contributed by atoms with Gasteiger partial charge in [0.05, 0.1) is 79.2 Å². The molecule has 1 unspecified atom stereocenters. The number of nitrogens with zero attached hydrogens (tertiary/aromatic N) is 1. The van der Waals surface area contributed by atoms with Crippen molar-refractivity contribution in [2.75, 3.05) is 27.4 Å². The predicted octanol–water partition coefficient (Wildman–Crippen LogP) is 4.10. The lowest BCUT2D eigenvalue weighted by atomic mass is 9.59. The summed E-state index contributed by atoms with van der Waals surface area (Å²) in [5.74, 6) is -2.26. The molecule has 15 heteroatoms. The lowest BCUT2D eigenvalue weighted by Crippen LogP contribution is -2.73. The Kier molecular flexibility index (Phi) is 12.8. The second-order valence-corrected chi connectivity index (χ2v) is 21.8. The van der Waals surface area contributed by atoms with Gasteiger partial charge in [0.1, 0.15) is 18.0 Å². The molecule has 64 heavy (non-hydrogen) atoms. The molecule has 0 aromatic carbocycles. The van der Waals surface area contributed by atoms with E-state index >= 15 is 0 Å². The first-order valence-corrected chi connectivity index (χ1v) is 24.9. The molecular formula is C49H74N2O13. The largest absolute Gasteiger partial charge is 0.395 e. The second kappa shape index (κ2) is 17.9. The van der Waals surface area contributed by atoms with Crippen LogP contribution in [0.2, 0.25) is 0 Å². The van der Waals surface area contributed by atoms with Crippen molar-refractivity contribution in [2.24, 2.45) is 40.0 Å². The van der Waals surface area contributed by atoms with Gasteiger partial charge in [0.25, 0.3) is 0 Å². The zero-order valence-corrected chi connectivity index (χ0v) is 38.4. The lowest BCUT2D eigenvalue weighted by molar-refractivity contribution is -0.373. The Hall–Kier alpha value is -1.89. The van der Waals surface area contributed by atoms with Crippen LogP contribution in [0.5, 0.6) is 0 Å². The highest BCUT2D eigenvalue weighted by atomic mass is 16.7. The highest BCUT2D eigenvalue weighted by Gasteiger charge is 2.68. The van der Waals surface area contributed by atoms with E-state index in [-0.39, 0.29) is 105 Å². The number of aliphatic imine (C=N–C) groups is 1. The summed E-state index contributed by atoms with van der Waals surface area (Å²) in [7, 11) is 3.29. The van der Waals surface area contributed by atoms with E-state index in [1.54, 1.807) is 14.2 Å². The minimum absolute atomic E-state index is 0.0159. The van der Waals surface area contributed by atoms with Gasteiger partial charge < -0.3 is 58.5 Å². The van der Waals surface area contributed by atoms with Crippen LogP contribution in [0.3, 0.4) is 0 Å². The van der Waals surface area contributed by atoms with E-state index in [2.05, 4.69) is 25.7 Å². The first-order valence-electron chi connectivity index (χ1n) is 24.9. The molecule has 2 aliphatic carbocycles. The molecule has 1 spiro atoms. The zero-order chi connectivity index (χ0) is 44.7. The first kappa shape index (κ1) is 45.9. The van der Waals surface area contributed by atoms with E-state index in [9.17, 15) is 24.9 Å². The summed E-state index contributed by atoms with van der Waals surface area (Å²) in [5, 5.41) is 37.5. The number of aliphatic hydroxyl groups is 3. The highest BCUT2D eigenvalue weighted by molar-refractivity contribution is 5.92. The number of fused-ring (bicyclic) bond motifs is 7. The summed E-state index contributed by atoms with van der Waals surface area (Å²) >= 11 is 0. The van der Waals surface area contributed by atoms with Gasteiger partial charge in [-0.25, -0.2) is 0 Å². The highest BCUT2D eigenvalue weighted by Crippen LogP contribution is 2.59. The van der Waals surface area contributed by atoms with Gasteiger partial charge in [0, 0.05) is 76.8 Å². The van der Waals surface area contributed by atoms with Gasteiger partial charge in [-0.05, 0) is 87.5 Å². The molecule has 0 aromatic rings. The number of ketones is 1. The summed E-state index contributed by atoms with van der Waals surface area (Å²) in [6.07, 6.45) is 4.08. The van der Waals surface area contributed by atoms with E-state index in [1.807, 2.05) is 0 Å². The summed E-state index contributed by atoms with van der Waals surface area (Å²) in [6, 6.07) is 0. The van der Waals surface area contributed by atoms with Crippen LogP contribution in [-0.2, 0) is 47.5 Å². The zero-order valence-electron chi connectivity index (χ0n) is 38.4. The van der Waals surface area contributed by atoms with Crippen molar-refractivity contribution >= 4 is 17.4 Å². The Morgan fingerprint density at radius 1 is 0.906 bits per heavy atom. The second-order valence-electron chi connectivity index (χ2n) is 21.8. The van der Waals surface area contributed by atoms with Crippen LogP contribution in [0.25, 0.3) is 0 Å². The summed E-state index contributed by atoms with van der Waals surface area (Å²) in [4.78, 5) is 33.5. The molecule has 12 aliphatic rings. The van der Waals surface area contributed by atoms with Crippen LogP contribution in [0, 0.1) is 35.0 Å². The number of methoxy groups -OCH3 is 2. The van der Waals surface area contributed by atoms with Gasteiger partial charge in [-0.1, -0.05) is 26.8 Å². The van der Waals surface area contributed by atoms with Crippen molar-refractivity contribution < 1.29 is 62.8 Å². The minimum Gasteiger partial charge on any atom is -0.395 e. The van der Waals surface area contributed by atoms with Crippen LogP contribution in [0.4, 0.5) is 0 Å². The topological polar surface area (TPSA) is 193 Å². The summed E-state index contributed by atoms with van der Waals surface area (Å²) in [6.45, 7) is 8.78. The van der Waals surface area contributed by atoms with E-state index in [4.69, 9.17) is 42.9 Å². The van der Waals surface area contributed by atoms with Gasteiger partial charge in [-0.15, -0.1) is 0 Å². The Balaban J connectivity index is 1.02. The Labute approximate surface area is 378 Å². The maximum absolute atomic E-state index is 14.5. The number of aliphatic hydroxyl groups excluding tert-OH is 2. The fourth-order valence-electron chi connectivity index (χ4n) is 13.9. The van der Waals surface area contributed by atoms with Gasteiger partial charge in [-0.2, -0.15) is 0 Å². The smallest absolute Gasteiger partial charge is 0.228 e. The molecule has 358 valence electrons. The number of nitrogens with one attached hydrogen (secondary N) is 1. The van der Waals surface area contributed by atoms with Crippen molar-refractivity contribution in [3.05, 3.63) is 12.2 Å². The quantitative estimate of drug-likeness (QED) is 0.255. The Morgan fingerprint density at radius 2 is 1.70 bits per heavy atom. The monoisotopic (exact) mass is 899 g/mol. The van der Waals surface area contributed by atoms with E-state index in [0.29, 0.717) is 51.4 Å². The standard InChI is InChI=1S/C49H74N2O13/c1-25-15-30-11-14-48(56)22-36(54)27(3)33-20-35-43(33)62-41-10-8-31-17-28(53)18-34-38(61-40(44(34)58-5)19-32(57-4)23-50-46(55)47(24-52)12-6-13-47)21-39-42(51-49(41,63-31)45(35)64-48)26(2)16-29(60-39)7-9-37(25)59-30/h26-27,29-41,43-45,52,54,56H,1,6-24H2,2-5H3,(H,50,55)/t26-,27-,29+,30+,31-,32+,33+,34+,35-,36?,37+,38+,39-,40-,41+,43+,44-,45-,48+,49+/m1/s1. The molecular weight excluding hydrogens is 825 g/mol. The van der Waals surface area contributed by atoms with Crippen LogP contribution in [-0.4, -0.2) is 151 Å². The molecule has 4 N–H and O–H groups in total. The molecule has 12 bridgehead atoms. The number of hydrogen-bond donors (Lipinski definition) is 4. The summed E-state index contributed by atoms with van der Waals surface area (Å²) < 4.78 is 54.7. The number of ether oxygens (including phenoxy) is 8. The van der Waals surface area contributed by atoms with Gasteiger partial charge in [0.2, 0.25) is 11.6 Å². The number of amides is 1. The number of Topliss-reactive ketones (excluding diaryl/α,β-unsaturated/α-hetero) is 1. The molecule has 9 fully saturated rings. The molecule has 7 saturated heterocycles. The molecule has 2 saturated carbocycles. The van der Waals surface area contributed by atoms with Gasteiger partial charge in [0.15, 0.2) is 5.79 Å². The van der Waals surface area contributed by atoms with Crippen LogP contribution < -0.4 is 5.32 Å². The molecule has 10 aliphatic heterocycles. The maximum Gasteiger partial charge on any atom is 0.228 e. The summed E-state index contributed by atoms with van der Waals surface area (Å²) in [5.41, 5.74) is -0.182. The van der Waals surface area contributed by atoms with E-state index in [1.165, 1.54) is 0 Å². The normalized spacial score (nSPS) is 49.0. The third-order valence-electron chi connectivity index (χ3n) is 17.9. The fourth-order valence-corrected chi connectivity index (χ4v) is 13.9. The van der Waals surface area contributed by atoms with E-state index in [0.717, 1.165) is 43.4 Å². The average molecular weight is 899 g/mol. The fraction of sp³-hybridized carbons (Fsp3) is 0.898. The van der Waals surface area contributed by atoms with Gasteiger partial charge in [-0.3, -0.25) is 14.6 Å². The Bertz CT molecular complexity index is 1790. The minimum atomic E-state index is -1.69. The molecule has 15 nitrogen and oxygen atoms in total. The van der Waals surface area contributed by atoms with Crippen molar-refractivity contribution in [1.82, 2.24) is 5.32 Å². The third-order valence-corrected chi connectivity index (χ3v) is 17.9. The molecule has 20 atom stereocenters. The van der Waals surface area contributed by atoms with Crippen LogP contribution in [0.15, 0.2) is 17.1 Å². The first-order chi connectivity index (χ1) is 30.7. The Morgan fingerprint density at radius 3 is 2.45 bits per heavy atom. The van der Waals surface area contributed by atoms with Crippen molar-refractivity contribution in [2.45, 2.75) is 214 Å². The molecule has 12 rings (SSSR count). The number of carbonyl (C=O) groups is 2. The third kappa shape index (κ3) is 8.19. The van der Waals surface area contributed by atoms with Crippen molar-refractivity contribution in [3.63, 3.8) is 0 Å². The van der Waals surface area contributed by atoms with Gasteiger partial charge >= 0.3 is 0 Å². The van der Waals surface area contributed by atoms with E-state index < -0.39 is 71.9 Å². The van der Waals surface area contributed by atoms with Crippen molar-refractivity contribution in [1.29, 1.82) is 0 Å².